The zero-order valence-electron chi connectivity index (χ0n) is 17.2. The second kappa shape index (κ2) is 8.72. The van der Waals surface area contributed by atoms with E-state index in [0.717, 1.165) is 53.7 Å². The van der Waals surface area contributed by atoms with Crippen molar-refractivity contribution >= 4 is 23.1 Å². The number of piperidine rings is 1. The number of aliphatic hydroxyl groups excluding tert-OH is 1. The van der Waals surface area contributed by atoms with Gasteiger partial charge in [0, 0.05) is 48.0 Å². The quantitative estimate of drug-likeness (QED) is 0.620. The summed E-state index contributed by atoms with van der Waals surface area (Å²) in [6.45, 7) is 5.43. The molecule has 3 heterocycles. The Morgan fingerprint density at radius 3 is 2.72 bits per heavy atom. The van der Waals surface area contributed by atoms with Crippen molar-refractivity contribution in [3.63, 3.8) is 0 Å². The van der Waals surface area contributed by atoms with E-state index in [-0.39, 0.29) is 12.5 Å². The molecule has 2 aromatic heterocycles. The Balaban J connectivity index is 1.77. The van der Waals surface area contributed by atoms with Crippen LogP contribution in [0.25, 0.3) is 5.65 Å². The predicted octanol–water partition coefficient (Wildman–Crippen LogP) is 4.97. The van der Waals surface area contributed by atoms with Gasteiger partial charge in [-0.1, -0.05) is 30.7 Å². The van der Waals surface area contributed by atoms with Crippen LogP contribution in [-0.4, -0.2) is 38.9 Å². The van der Waals surface area contributed by atoms with Gasteiger partial charge in [-0.25, -0.2) is 4.98 Å². The van der Waals surface area contributed by atoms with Crippen molar-refractivity contribution in [3.8, 4) is 0 Å². The number of hydrogen-bond donors (Lipinski definition) is 1. The molecule has 154 valence electrons. The summed E-state index contributed by atoms with van der Waals surface area (Å²) in [5, 5.41) is 15.3. The van der Waals surface area contributed by atoms with Crippen molar-refractivity contribution in [1.82, 2.24) is 14.6 Å². The summed E-state index contributed by atoms with van der Waals surface area (Å²) in [5.41, 5.74) is 4.13. The minimum atomic E-state index is 0.205. The molecule has 1 saturated heterocycles. The van der Waals surface area contributed by atoms with Crippen molar-refractivity contribution in [3.05, 3.63) is 58.4 Å². The van der Waals surface area contributed by atoms with Gasteiger partial charge in [-0.15, -0.1) is 0 Å². The summed E-state index contributed by atoms with van der Waals surface area (Å²) in [6, 6.07) is 12.6. The Kier molecular flexibility index (Phi) is 6.07. The van der Waals surface area contributed by atoms with E-state index in [1.54, 1.807) is 0 Å². The highest BCUT2D eigenvalue weighted by atomic mass is 35.5. The highest BCUT2D eigenvalue weighted by molar-refractivity contribution is 6.30. The molecule has 1 fully saturated rings. The fraction of sp³-hybridized carbons (Fsp3) is 0.478. The van der Waals surface area contributed by atoms with E-state index in [9.17, 15) is 5.11 Å². The standard InChI is InChI=1S/C23H29ClN4O/c1-3-20(17-7-9-18(24)10-8-17)21-15-22-25-16(2)14-23(28(22)26-21)27-12-5-4-6-19(27)11-13-29/h7-10,14-15,19-20,29H,3-6,11-13H2,1-2H3. The third kappa shape index (κ3) is 4.12. The van der Waals surface area contributed by atoms with Crippen molar-refractivity contribution in [2.24, 2.45) is 0 Å². The van der Waals surface area contributed by atoms with Gasteiger partial charge in [-0.05, 0) is 56.7 Å². The van der Waals surface area contributed by atoms with Crippen LogP contribution in [0, 0.1) is 6.92 Å². The lowest BCUT2D eigenvalue weighted by Gasteiger charge is -2.37. The number of rotatable bonds is 6. The van der Waals surface area contributed by atoms with Gasteiger partial charge in [0.1, 0.15) is 5.82 Å². The Morgan fingerprint density at radius 2 is 2.00 bits per heavy atom. The van der Waals surface area contributed by atoms with Crippen molar-refractivity contribution in [2.45, 2.75) is 57.9 Å². The topological polar surface area (TPSA) is 53.7 Å². The molecule has 0 bridgehead atoms. The summed E-state index contributed by atoms with van der Waals surface area (Å²) < 4.78 is 2.00. The first kappa shape index (κ1) is 20.2. The molecule has 0 aliphatic carbocycles. The number of aromatic nitrogens is 3. The molecule has 6 heteroatoms. The maximum atomic E-state index is 9.53. The Labute approximate surface area is 177 Å². The van der Waals surface area contributed by atoms with E-state index in [0.29, 0.717) is 6.04 Å². The first-order chi connectivity index (χ1) is 14.1. The normalized spacial score (nSPS) is 18.3. The van der Waals surface area contributed by atoms with Crippen LogP contribution in [0.15, 0.2) is 36.4 Å². The lowest BCUT2D eigenvalue weighted by molar-refractivity contribution is 0.262. The summed E-state index contributed by atoms with van der Waals surface area (Å²) in [6.07, 6.45) is 5.24. The third-order valence-electron chi connectivity index (χ3n) is 5.98. The number of aliphatic hydroxyl groups is 1. The molecular weight excluding hydrogens is 384 g/mol. The fourth-order valence-corrected chi connectivity index (χ4v) is 4.66. The third-order valence-corrected chi connectivity index (χ3v) is 6.23. The molecule has 0 radical (unpaired) electrons. The van der Waals surface area contributed by atoms with Crippen LogP contribution in [0.2, 0.25) is 5.02 Å². The predicted molar refractivity (Wildman–Crippen MR) is 118 cm³/mol. The first-order valence-electron chi connectivity index (χ1n) is 10.6. The number of benzene rings is 1. The molecule has 1 aliphatic heterocycles. The van der Waals surface area contributed by atoms with Gasteiger partial charge in [-0.3, -0.25) is 0 Å². The zero-order chi connectivity index (χ0) is 20.4. The van der Waals surface area contributed by atoms with Gasteiger partial charge in [0.25, 0.3) is 0 Å². The molecule has 0 saturated carbocycles. The van der Waals surface area contributed by atoms with Crippen LogP contribution >= 0.6 is 11.6 Å². The lowest BCUT2D eigenvalue weighted by atomic mass is 9.93. The molecule has 2 unspecified atom stereocenters. The molecule has 4 rings (SSSR count). The number of halogens is 1. The second-order valence-electron chi connectivity index (χ2n) is 7.96. The van der Waals surface area contributed by atoms with Crippen LogP contribution in [0.5, 0.6) is 0 Å². The largest absolute Gasteiger partial charge is 0.396 e. The van der Waals surface area contributed by atoms with Crippen molar-refractivity contribution < 1.29 is 5.11 Å². The van der Waals surface area contributed by atoms with E-state index < -0.39 is 0 Å². The van der Waals surface area contributed by atoms with Crippen LogP contribution in [0.3, 0.4) is 0 Å². The second-order valence-corrected chi connectivity index (χ2v) is 8.40. The summed E-state index contributed by atoms with van der Waals surface area (Å²) >= 11 is 6.08. The van der Waals surface area contributed by atoms with Gasteiger partial charge >= 0.3 is 0 Å². The molecule has 3 aromatic rings. The van der Waals surface area contributed by atoms with E-state index in [4.69, 9.17) is 21.7 Å². The molecular formula is C23H29ClN4O. The van der Waals surface area contributed by atoms with Gasteiger partial charge in [0.2, 0.25) is 0 Å². The summed E-state index contributed by atoms with van der Waals surface area (Å²) in [4.78, 5) is 7.17. The SMILES string of the molecule is CCC(c1ccc(Cl)cc1)c1cc2nc(C)cc(N3CCCCC3CCO)n2n1. The van der Waals surface area contributed by atoms with Gasteiger partial charge in [0.05, 0.1) is 5.69 Å². The van der Waals surface area contributed by atoms with E-state index in [1.807, 2.05) is 23.6 Å². The first-order valence-corrected chi connectivity index (χ1v) is 11.0. The minimum absolute atomic E-state index is 0.205. The molecule has 1 aromatic carbocycles. The zero-order valence-corrected chi connectivity index (χ0v) is 17.9. The maximum Gasteiger partial charge on any atom is 0.157 e. The Hall–Kier alpha value is -2.11. The molecule has 1 N–H and O–H groups in total. The molecule has 2 atom stereocenters. The maximum absolute atomic E-state index is 9.53. The molecule has 29 heavy (non-hydrogen) atoms. The number of hydrogen-bond acceptors (Lipinski definition) is 4. The number of aryl methyl sites for hydroxylation is 1. The molecule has 1 aliphatic rings. The summed E-state index contributed by atoms with van der Waals surface area (Å²) in [7, 11) is 0. The van der Waals surface area contributed by atoms with Gasteiger partial charge in [0.15, 0.2) is 5.65 Å². The number of nitrogens with zero attached hydrogens (tertiary/aromatic N) is 4. The van der Waals surface area contributed by atoms with E-state index in [1.165, 1.54) is 18.4 Å². The molecule has 0 amide bonds. The molecule has 5 nitrogen and oxygen atoms in total. The monoisotopic (exact) mass is 412 g/mol. The van der Waals surface area contributed by atoms with Crippen molar-refractivity contribution in [2.75, 3.05) is 18.1 Å². The highest BCUT2D eigenvalue weighted by Gasteiger charge is 2.26. The fourth-order valence-electron chi connectivity index (χ4n) is 4.54. The molecule has 0 spiro atoms. The van der Waals surface area contributed by atoms with E-state index in [2.05, 4.69) is 36.1 Å². The minimum Gasteiger partial charge on any atom is -0.396 e. The smallest absolute Gasteiger partial charge is 0.157 e. The van der Waals surface area contributed by atoms with Gasteiger partial charge < -0.3 is 10.0 Å². The average molecular weight is 413 g/mol. The van der Waals surface area contributed by atoms with Crippen LogP contribution < -0.4 is 4.90 Å². The summed E-state index contributed by atoms with van der Waals surface area (Å²) in [5.74, 6) is 1.29. The van der Waals surface area contributed by atoms with E-state index >= 15 is 0 Å². The highest BCUT2D eigenvalue weighted by Crippen LogP contribution is 2.31. The van der Waals surface area contributed by atoms with Crippen LogP contribution in [0.4, 0.5) is 5.82 Å². The lowest BCUT2D eigenvalue weighted by Crippen LogP contribution is -2.41. The average Bonchev–Trinajstić information content (AvgIpc) is 3.13. The Morgan fingerprint density at radius 1 is 1.21 bits per heavy atom. The number of fused-ring (bicyclic) bond motifs is 1. The van der Waals surface area contributed by atoms with Gasteiger partial charge in [-0.2, -0.15) is 9.61 Å². The Bertz CT molecular complexity index is 967. The van der Waals surface area contributed by atoms with Crippen LogP contribution in [0.1, 0.15) is 61.9 Å². The number of anilines is 1. The van der Waals surface area contributed by atoms with Crippen LogP contribution in [-0.2, 0) is 0 Å². The van der Waals surface area contributed by atoms with Crippen molar-refractivity contribution in [1.29, 1.82) is 0 Å².